The molecule has 1 amide bonds. The molecule has 5 heteroatoms. The molecule has 1 fully saturated rings. The van der Waals surface area contributed by atoms with Gasteiger partial charge in [-0.1, -0.05) is 39.0 Å². The number of fused-ring (bicyclic) bond motifs is 2. The van der Waals surface area contributed by atoms with E-state index in [0.717, 1.165) is 47.0 Å². The fourth-order valence-electron chi connectivity index (χ4n) is 4.34. The number of carbonyl (C=O) groups excluding carboxylic acids is 1. The zero-order chi connectivity index (χ0) is 19.7. The number of rotatable bonds is 3. The molecule has 28 heavy (non-hydrogen) atoms. The van der Waals surface area contributed by atoms with E-state index in [1.807, 2.05) is 24.3 Å². The standard InChI is InChI=1S/C23H30N2O3/c1-23(2,3)15-8-9-20-18(12-15)21(17-6-4-5-7-19(17)25-20)22(26)24-13-16-14-27-10-11-28-16/h4-7,15-16H,8-14H2,1-3H3,(H,24,26). The summed E-state index contributed by atoms with van der Waals surface area (Å²) in [4.78, 5) is 18.2. The van der Waals surface area contributed by atoms with Crippen LogP contribution in [0, 0.1) is 11.3 Å². The maximum Gasteiger partial charge on any atom is 0.252 e. The highest BCUT2D eigenvalue weighted by Crippen LogP contribution is 2.39. The molecule has 150 valence electrons. The van der Waals surface area contributed by atoms with E-state index in [4.69, 9.17) is 14.5 Å². The molecule has 1 aromatic heterocycles. The van der Waals surface area contributed by atoms with Gasteiger partial charge in [0.25, 0.3) is 5.91 Å². The summed E-state index contributed by atoms with van der Waals surface area (Å²) in [6.45, 7) is 9.07. The van der Waals surface area contributed by atoms with Crippen molar-refractivity contribution in [3.05, 3.63) is 41.1 Å². The van der Waals surface area contributed by atoms with Gasteiger partial charge in [0, 0.05) is 17.6 Å². The lowest BCUT2D eigenvalue weighted by atomic mass is 9.70. The normalized spacial score (nSPS) is 22.7. The highest BCUT2D eigenvalue weighted by Gasteiger charge is 2.32. The average molecular weight is 383 g/mol. The van der Waals surface area contributed by atoms with Crippen molar-refractivity contribution in [3.63, 3.8) is 0 Å². The summed E-state index contributed by atoms with van der Waals surface area (Å²) in [5.74, 6) is 0.517. The zero-order valence-electron chi connectivity index (χ0n) is 17.1. The quantitative estimate of drug-likeness (QED) is 0.882. The Balaban J connectivity index is 1.68. The predicted molar refractivity (Wildman–Crippen MR) is 110 cm³/mol. The van der Waals surface area contributed by atoms with Crippen LogP contribution in [0.25, 0.3) is 10.9 Å². The summed E-state index contributed by atoms with van der Waals surface area (Å²) in [5, 5.41) is 4.03. The molecule has 0 radical (unpaired) electrons. The first-order chi connectivity index (χ1) is 13.4. The molecule has 2 aliphatic rings. The number of aromatic nitrogens is 1. The third kappa shape index (κ3) is 3.91. The Hall–Kier alpha value is -1.98. The number of nitrogens with one attached hydrogen (secondary N) is 1. The van der Waals surface area contributed by atoms with Gasteiger partial charge in [0.2, 0.25) is 0 Å². The second kappa shape index (κ2) is 7.80. The van der Waals surface area contributed by atoms with E-state index < -0.39 is 0 Å². The van der Waals surface area contributed by atoms with Crippen molar-refractivity contribution in [2.45, 2.75) is 46.1 Å². The molecule has 1 saturated heterocycles. The number of amides is 1. The maximum atomic E-state index is 13.3. The summed E-state index contributed by atoms with van der Waals surface area (Å²) in [5.41, 5.74) is 4.12. The van der Waals surface area contributed by atoms with Gasteiger partial charge < -0.3 is 14.8 Å². The minimum absolute atomic E-state index is 0.0291. The lowest BCUT2D eigenvalue weighted by Crippen LogP contribution is -2.40. The van der Waals surface area contributed by atoms with Crippen molar-refractivity contribution in [2.24, 2.45) is 11.3 Å². The fraction of sp³-hybridized carbons (Fsp3) is 0.565. The second-order valence-corrected chi connectivity index (χ2v) is 9.01. The minimum atomic E-state index is -0.0797. The topological polar surface area (TPSA) is 60.5 Å². The molecule has 2 aromatic rings. The van der Waals surface area contributed by atoms with E-state index in [2.05, 4.69) is 26.1 Å². The number of benzene rings is 1. The van der Waals surface area contributed by atoms with Gasteiger partial charge in [0.15, 0.2) is 0 Å². The zero-order valence-corrected chi connectivity index (χ0v) is 17.1. The van der Waals surface area contributed by atoms with Crippen LogP contribution >= 0.6 is 0 Å². The summed E-state index contributed by atoms with van der Waals surface area (Å²) in [6.07, 6.45) is 2.88. The Bertz CT molecular complexity index is 866. The molecule has 4 rings (SSSR count). The summed E-state index contributed by atoms with van der Waals surface area (Å²) in [7, 11) is 0. The molecule has 1 aliphatic carbocycles. The van der Waals surface area contributed by atoms with Crippen LogP contribution < -0.4 is 5.32 Å². The van der Waals surface area contributed by atoms with E-state index in [1.54, 1.807) is 0 Å². The van der Waals surface area contributed by atoms with Gasteiger partial charge in [-0.2, -0.15) is 0 Å². The molecular formula is C23H30N2O3. The van der Waals surface area contributed by atoms with E-state index in [9.17, 15) is 4.79 Å². The minimum Gasteiger partial charge on any atom is -0.376 e. The van der Waals surface area contributed by atoms with Crippen LogP contribution in [0.4, 0.5) is 0 Å². The number of aryl methyl sites for hydroxylation is 1. The monoisotopic (exact) mass is 382 g/mol. The Morgan fingerprint density at radius 2 is 2.07 bits per heavy atom. The molecule has 0 spiro atoms. The van der Waals surface area contributed by atoms with Crippen molar-refractivity contribution < 1.29 is 14.3 Å². The summed E-state index contributed by atoms with van der Waals surface area (Å²) < 4.78 is 11.1. The molecule has 1 aliphatic heterocycles. The third-order valence-electron chi connectivity index (χ3n) is 6.09. The number of ether oxygens (including phenoxy) is 2. The Morgan fingerprint density at radius 1 is 1.25 bits per heavy atom. The predicted octanol–water partition coefficient (Wildman–Crippen LogP) is 3.53. The molecule has 1 N–H and O–H groups in total. The molecule has 5 nitrogen and oxygen atoms in total. The Morgan fingerprint density at radius 3 is 2.82 bits per heavy atom. The summed E-state index contributed by atoms with van der Waals surface area (Å²) >= 11 is 0. The number of pyridine rings is 1. The lowest BCUT2D eigenvalue weighted by Gasteiger charge is -2.35. The van der Waals surface area contributed by atoms with E-state index in [1.165, 1.54) is 0 Å². The number of para-hydroxylation sites is 1. The van der Waals surface area contributed by atoms with Crippen molar-refractivity contribution in [1.29, 1.82) is 0 Å². The van der Waals surface area contributed by atoms with Gasteiger partial charge in [-0.05, 0) is 42.2 Å². The van der Waals surface area contributed by atoms with Crippen molar-refractivity contribution in [1.82, 2.24) is 10.3 Å². The highest BCUT2D eigenvalue weighted by atomic mass is 16.6. The lowest BCUT2D eigenvalue weighted by molar-refractivity contribution is -0.0855. The Labute approximate surface area is 166 Å². The van der Waals surface area contributed by atoms with Gasteiger partial charge in [-0.15, -0.1) is 0 Å². The molecule has 0 saturated carbocycles. The van der Waals surface area contributed by atoms with Crippen molar-refractivity contribution in [3.8, 4) is 0 Å². The van der Waals surface area contributed by atoms with Crippen LogP contribution in [0.15, 0.2) is 24.3 Å². The number of hydrogen-bond acceptors (Lipinski definition) is 4. The van der Waals surface area contributed by atoms with Crippen LogP contribution in [-0.4, -0.2) is 43.4 Å². The van der Waals surface area contributed by atoms with Gasteiger partial charge in [-0.25, -0.2) is 0 Å². The number of nitrogens with zero attached hydrogens (tertiary/aromatic N) is 1. The maximum absolute atomic E-state index is 13.3. The molecule has 2 atom stereocenters. The van der Waals surface area contributed by atoms with Gasteiger partial charge >= 0.3 is 0 Å². The average Bonchev–Trinajstić information content (AvgIpc) is 2.70. The fourth-order valence-corrected chi connectivity index (χ4v) is 4.34. The largest absolute Gasteiger partial charge is 0.376 e. The van der Waals surface area contributed by atoms with Gasteiger partial charge in [-0.3, -0.25) is 9.78 Å². The van der Waals surface area contributed by atoms with Crippen molar-refractivity contribution >= 4 is 16.8 Å². The SMILES string of the molecule is CC(C)(C)C1CCc2nc3ccccc3c(C(=O)NCC3COCCO3)c2C1. The van der Waals surface area contributed by atoms with E-state index in [-0.39, 0.29) is 17.4 Å². The molecule has 0 bridgehead atoms. The second-order valence-electron chi connectivity index (χ2n) is 9.01. The van der Waals surface area contributed by atoms with Crippen LogP contribution in [0.1, 0.15) is 48.8 Å². The van der Waals surface area contributed by atoms with Crippen LogP contribution in [0.3, 0.4) is 0 Å². The Kier molecular flexibility index (Phi) is 5.39. The molecule has 2 unspecified atom stereocenters. The van der Waals surface area contributed by atoms with E-state index >= 15 is 0 Å². The highest BCUT2D eigenvalue weighted by molar-refractivity contribution is 6.07. The molecule has 1 aromatic carbocycles. The van der Waals surface area contributed by atoms with Gasteiger partial charge in [0.05, 0.1) is 37.0 Å². The van der Waals surface area contributed by atoms with Crippen molar-refractivity contribution in [2.75, 3.05) is 26.4 Å². The smallest absolute Gasteiger partial charge is 0.252 e. The summed E-state index contributed by atoms with van der Waals surface area (Å²) in [6, 6.07) is 7.98. The molecule has 2 heterocycles. The van der Waals surface area contributed by atoms with Gasteiger partial charge in [0.1, 0.15) is 0 Å². The van der Waals surface area contributed by atoms with E-state index in [0.29, 0.717) is 32.3 Å². The van der Waals surface area contributed by atoms with Crippen LogP contribution in [0.2, 0.25) is 0 Å². The third-order valence-corrected chi connectivity index (χ3v) is 6.09. The first kappa shape index (κ1) is 19.3. The van der Waals surface area contributed by atoms with Crippen LogP contribution in [-0.2, 0) is 22.3 Å². The van der Waals surface area contributed by atoms with Crippen LogP contribution in [0.5, 0.6) is 0 Å². The molecular weight excluding hydrogens is 352 g/mol. The number of hydrogen-bond donors (Lipinski definition) is 1. The first-order valence-electron chi connectivity index (χ1n) is 10.3. The first-order valence-corrected chi connectivity index (χ1v) is 10.3. The number of carbonyl (C=O) groups is 1.